The Morgan fingerprint density at radius 3 is 2.63 bits per heavy atom. The van der Waals surface area contributed by atoms with Gasteiger partial charge in [0, 0.05) is 18.8 Å². The number of nitrogens with two attached hydrogens (primary N) is 1. The fourth-order valence-corrected chi connectivity index (χ4v) is 2.86. The fraction of sp³-hybridized carbons (Fsp3) is 0.500. The molecule has 0 bridgehead atoms. The number of hydrogen-bond donors (Lipinski definition) is 3. The normalized spacial score (nSPS) is 13.4. The van der Waals surface area contributed by atoms with Crippen LogP contribution in [0.4, 0.5) is 10.1 Å². The van der Waals surface area contributed by atoms with Crippen molar-refractivity contribution in [2.24, 2.45) is 5.92 Å². The number of anilines is 1. The molecule has 4 N–H and O–H groups in total. The van der Waals surface area contributed by atoms with Gasteiger partial charge in [0.25, 0.3) is 0 Å². The van der Waals surface area contributed by atoms with Gasteiger partial charge in [0.1, 0.15) is 5.82 Å². The molecule has 0 heterocycles. The van der Waals surface area contributed by atoms with Crippen LogP contribution in [0.2, 0.25) is 0 Å². The molecule has 0 amide bonds. The molecular weight excluding hydrogens is 271 g/mol. The van der Waals surface area contributed by atoms with Gasteiger partial charge in [-0.1, -0.05) is 13.3 Å². The molecule has 1 aromatic rings. The third kappa shape index (κ3) is 4.77. The molecule has 1 unspecified atom stereocenters. The van der Waals surface area contributed by atoms with E-state index in [0.29, 0.717) is 6.42 Å². The SMILES string of the molecule is CCC(CCO)CNS(=O)(=O)c1cc(N)cc(F)c1. The number of benzene rings is 1. The Balaban J connectivity index is 2.80. The molecule has 0 saturated carbocycles. The van der Waals surface area contributed by atoms with Crippen molar-refractivity contribution in [3.63, 3.8) is 0 Å². The topological polar surface area (TPSA) is 92.4 Å². The van der Waals surface area contributed by atoms with E-state index < -0.39 is 15.8 Å². The zero-order chi connectivity index (χ0) is 14.5. The predicted molar refractivity (Wildman–Crippen MR) is 71.5 cm³/mol. The van der Waals surface area contributed by atoms with E-state index in [0.717, 1.165) is 18.6 Å². The minimum Gasteiger partial charge on any atom is -0.399 e. The Hall–Kier alpha value is -1.18. The highest BCUT2D eigenvalue weighted by Crippen LogP contribution is 2.16. The molecule has 1 rings (SSSR count). The second kappa shape index (κ2) is 6.83. The van der Waals surface area contributed by atoms with Crippen molar-refractivity contribution in [2.45, 2.75) is 24.7 Å². The molecule has 0 aliphatic heterocycles. The third-order valence-corrected chi connectivity index (χ3v) is 4.28. The van der Waals surface area contributed by atoms with Crippen LogP contribution in [0, 0.1) is 11.7 Å². The first-order chi connectivity index (χ1) is 8.89. The van der Waals surface area contributed by atoms with Crippen molar-refractivity contribution in [2.75, 3.05) is 18.9 Å². The van der Waals surface area contributed by atoms with Gasteiger partial charge in [-0.3, -0.25) is 0 Å². The highest BCUT2D eigenvalue weighted by Gasteiger charge is 2.17. The summed E-state index contributed by atoms with van der Waals surface area (Å²) in [5.74, 6) is -0.645. The van der Waals surface area contributed by atoms with Crippen LogP contribution in [0.15, 0.2) is 23.1 Å². The molecule has 0 aliphatic carbocycles. The zero-order valence-corrected chi connectivity index (χ0v) is 11.6. The predicted octanol–water partition coefficient (Wildman–Crippen LogP) is 1.09. The van der Waals surface area contributed by atoms with Crippen molar-refractivity contribution >= 4 is 15.7 Å². The van der Waals surface area contributed by atoms with E-state index in [-0.39, 0.29) is 29.7 Å². The molecule has 108 valence electrons. The summed E-state index contributed by atoms with van der Waals surface area (Å²) >= 11 is 0. The summed E-state index contributed by atoms with van der Waals surface area (Å²) < 4.78 is 39.5. The van der Waals surface area contributed by atoms with Crippen LogP contribution in [-0.4, -0.2) is 26.7 Å². The summed E-state index contributed by atoms with van der Waals surface area (Å²) in [5.41, 5.74) is 5.48. The molecule has 0 aliphatic rings. The van der Waals surface area contributed by atoms with Gasteiger partial charge in [-0.15, -0.1) is 0 Å². The maximum Gasteiger partial charge on any atom is 0.240 e. The van der Waals surface area contributed by atoms with Crippen molar-refractivity contribution in [1.29, 1.82) is 0 Å². The first kappa shape index (κ1) is 15.9. The maximum atomic E-state index is 13.1. The zero-order valence-electron chi connectivity index (χ0n) is 10.8. The van der Waals surface area contributed by atoms with Gasteiger partial charge in [0.2, 0.25) is 10.0 Å². The van der Waals surface area contributed by atoms with E-state index >= 15 is 0 Å². The summed E-state index contributed by atoms with van der Waals surface area (Å²) in [4.78, 5) is -0.191. The van der Waals surface area contributed by atoms with Gasteiger partial charge in [-0.05, 0) is 30.5 Å². The number of nitrogen functional groups attached to an aromatic ring is 1. The summed E-state index contributed by atoms with van der Waals surface area (Å²) in [6.45, 7) is 2.12. The van der Waals surface area contributed by atoms with Crippen LogP contribution in [0.1, 0.15) is 19.8 Å². The minimum atomic E-state index is -3.78. The molecular formula is C12H19FN2O3S. The lowest BCUT2D eigenvalue weighted by Gasteiger charge is -2.14. The first-order valence-electron chi connectivity index (χ1n) is 6.05. The molecule has 0 aromatic heterocycles. The molecule has 0 radical (unpaired) electrons. The van der Waals surface area contributed by atoms with Crippen molar-refractivity contribution in [3.8, 4) is 0 Å². The van der Waals surface area contributed by atoms with E-state index in [1.54, 1.807) is 0 Å². The van der Waals surface area contributed by atoms with E-state index in [1.165, 1.54) is 6.07 Å². The van der Waals surface area contributed by atoms with Gasteiger partial charge >= 0.3 is 0 Å². The van der Waals surface area contributed by atoms with E-state index in [2.05, 4.69) is 4.72 Å². The Morgan fingerprint density at radius 2 is 2.11 bits per heavy atom. The molecule has 0 saturated heterocycles. The number of aliphatic hydroxyl groups excluding tert-OH is 1. The Bertz CT molecular complexity index is 499. The summed E-state index contributed by atoms with van der Waals surface area (Å²) in [7, 11) is -3.78. The Kier molecular flexibility index (Phi) is 5.71. The molecule has 1 atom stereocenters. The van der Waals surface area contributed by atoms with E-state index in [9.17, 15) is 12.8 Å². The van der Waals surface area contributed by atoms with Crippen LogP contribution in [0.5, 0.6) is 0 Å². The lowest BCUT2D eigenvalue weighted by molar-refractivity contribution is 0.254. The summed E-state index contributed by atoms with van der Waals surface area (Å²) in [6.07, 6.45) is 1.26. The monoisotopic (exact) mass is 290 g/mol. The van der Waals surface area contributed by atoms with E-state index in [1.807, 2.05) is 6.92 Å². The second-order valence-corrected chi connectivity index (χ2v) is 6.13. The van der Waals surface area contributed by atoms with Crippen LogP contribution in [-0.2, 0) is 10.0 Å². The molecule has 0 spiro atoms. The lowest BCUT2D eigenvalue weighted by Crippen LogP contribution is -2.29. The third-order valence-electron chi connectivity index (χ3n) is 2.88. The van der Waals surface area contributed by atoms with Crippen LogP contribution in [0.3, 0.4) is 0 Å². The number of rotatable bonds is 7. The number of aliphatic hydroxyl groups is 1. The quantitative estimate of drug-likeness (QED) is 0.656. The Labute approximate surface area is 112 Å². The van der Waals surface area contributed by atoms with Crippen LogP contribution < -0.4 is 10.5 Å². The maximum absolute atomic E-state index is 13.1. The first-order valence-corrected chi connectivity index (χ1v) is 7.54. The average Bonchev–Trinajstić information content (AvgIpc) is 2.33. The van der Waals surface area contributed by atoms with E-state index in [4.69, 9.17) is 10.8 Å². The molecule has 7 heteroatoms. The number of nitrogens with one attached hydrogen (secondary N) is 1. The lowest BCUT2D eigenvalue weighted by atomic mass is 10.0. The smallest absolute Gasteiger partial charge is 0.240 e. The largest absolute Gasteiger partial charge is 0.399 e. The van der Waals surface area contributed by atoms with Gasteiger partial charge < -0.3 is 10.8 Å². The highest BCUT2D eigenvalue weighted by molar-refractivity contribution is 7.89. The number of sulfonamides is 1. The molecule has 0 fully saturated rings. The van der Waals surface area contributed by atoms with Gasteiger partial charge in [0.15, 0.2) is 0 Å². The second-order valence-electron chi connectivity index (χ2n) is 4.36. The Morgan fingerprint density at radius 1 is 1.42 bits per heavy atom. The fourth-order valence-electron chi connectivity index (χ4n) is 1.68. The molecule has 1 aromatic carbocycles. The van der Waals surface area contributed by atoms with Gasteiger partial charge in [-0.2, -0.15) is 0 Å². The van der Waals surface area contributed by atoms with Crippen molar-refractivity contribution < 1.29 is 17.9 Å². The van der Waals surface area contributed by atoms with Crippen molar-refractivity contribution in [1.82, 2.24) is 4.72 Å². The van der Waals surface area contributed by atoms with Gasteiger partial charge in [0.05, 0.1) is 4.90 Å². The standard InChI is InChI=1S/C12H19FN2O3S/c1-2-9(3-4-16)8-15-19(17,18)12-6-10(13)5-11(14)7-12/h5-7,9,15-16H,2-4,8,14H2,1H3. The van der Waals surface area contributed by atoms with Gasteiger partial charge in [-0.25, -0.2) is 17.5 Å². The molecule has 19 heavy (non-hydrogen) atoms. The number of halogens is 1. The average molecular weight is 290 g/mol. The molecule has 5 nitrogen and oxygen atoms in total. The van der Waals surface area contributed by atoms with Crippen molar-refractivity contribution in [3.05, 3.63) is 24.0 Å². The number of hydrogen-bond acceptors (Lipinski definition) is 4. The summed E-state index contributed by atoms with van der Waals surface area (Å²) in [5, 5.41) is 8.84. The summed E-state index contributed by atoms with van der Waals surface area (Å²) in [6, 6.07) is 3.18. The van der Waals surface area contributed by atoms with Crippen LogP contribution >= 0.6 is 0 Å². The highest BCUT2D eigenvalue weighted by atomic mass is 32.2. The van der Waals surface area contributed by atoms with Crippen LogP contribution in [0.25, 0.3) is 0 Å². The minimum absolute atomic E-state index is 0.00709.